The summed E-state index contributed by atoms with van der Waals surface area (Å²) in [6, 6.07) is 3.69. The molecule has 0 saturated carbocycles. The largest absolute Gasteiger partial charge is 0.496 e. The standard InChI is InChI=1S/C12H18N2O4/c1-8-4-11(17-3)9(5-10(8)16-2)6-18-7-12(15)14-13/h4-5H,6-7,13H2,1-3H3,(H,14,15). The normalized spacial score (nSPS) is 10.0. The zero-order valence-corrected chi connectivity index (χ0v) is 10.8. The van der Waals surface area contributed by atoms with Gasteiger partial charge in [-0.15, -0.1) is 0 Å². The molecule has 1 aromatic carbocycles. The molecule has 0 fully saturated rings. The maximum Gasteiger partial charge on any atom is 0.259 e. The first-order chi connectivity index (χ1) is 8.62. The molecule has 0 aliphatic heterocycles. The summed E-state index contributed by atoms with van der Waals surface area (Å²) in [5, 5.41) is 0. The van der Waals surface area contributed by atoms with Crippen LogP contribution in [0.2, 0.25) is 0 Å². The fourth-order valence-corrected chi connectivity index (χ4v) is 1.52. The first kappa shape index (κ1) is 14.3. The van der Waals surface area contributed by atoms with Crippen molar-refractivity contribution < 1.29 is 19.0 Å². The van der Waals surface area contributed by atoms with Crippen LogP contribution in [0.3, 0.4) is 0 Å². The van der Waals surface area contributed by atoms with E-state index < -0.39 is 0 Å². The van der Waals surface area contributed by atoms with Gasteiger partial charge in [-0.1, -0.05) is 0 Å². The Kier molecular flexibility index (Phi) is 5.41. The zero-order chi connectivity index (χ0) is 13.5. The molecule has 6 nitrogen and oxygen atoms in total. The van der Waals surface area contributed by atoms with Gasteiger partial charge in [0.05, 0.1) is 20.8 Å². The molecule has 0 bridgehead atoms. The highest BCUT2D eigenvalue weighted by Gasteiger charge is 2.09. The van der Waals surface area contributed by atoms with Crippen LogP contribution in [-0.4, -0.2) is 26.7 Å². The zero-order valence-electron chi connectivity index (χ0n) is 10.8. The van der Waals surface area contributed by atoms with Crippen molar-refractivity contribution in [2.75, 3.05) is 20.8 Å². The van der Waals surface area contributed by atoms with Crippen molar-refractivity contribution in [1.29, 1.82) is 0 Å². The predicted octanol–water partition coefficient (Wildman–Crippen LogP) is 0.519. The minimum atomic E-state index is -0.381. The van der Waals surface area contributed by atoms with E-state index in [4.69, 9.17) is 20.1 Å². The molecule has 3 N–H and O–H groups in total. The van der Waals surface area contributed by atoms with Crippen molar-refractivity contribution in [2.45, 2.75) is 13.5 Å². The molecule has 0 aliphatic rings. The highest BCUT2D eigenvalue weighted by atomic mass is 16.5. The molecule has 1 amide bonds. The molecular formula is C12H18N2O4. The molecule has 0 radical (unpaired) electrons. The van der Waals surface area contributed by atoms with Gasteiger partial charge in [-0.05, 0) is 24.6 Å². The van der Waals surface area contributed by atoms with Crippen LogP contribution in [0.5, 0.6) is 11.5 Å². The minimum absolute atomic E-state index is 0.101. The number of methoxy groups -OCH3 is 2. The number of nitrogens with one attached hydrogen (secondary N) is 1. The van der Waals surface area contributed by atoms with Gasteiger partial charge in [-0.3, -0.25) is 10.2 Å². The highest BCUT2D eigenvalue weighted by molar-refractivity contribution is 5.76. The Morgan fingerprint density at radius 1 is 1.28 bits per heavy atom. The Morgan fingerprint density at radius 3 is 2.50 bits per heavy atom. The van der Waals surface area contributed by atoms with Gasteiger partial charge in [0, 0.05) is 5.56 Å². The summed E-state index contributed by atoms with van der Waals surface area (Å²) in [7, 11) is 3.18. The lowest BCUT2D eigenvalue weighted by molar-refractivity contribution is -0.126. The van der Waals surface area contributed by atoms with E-state index in [9.17, 15) is 4.79 Å². The molecule has 6 heteroatoms. The Hall–Kier alpha value is -1.79. The van der Waals surface area contributed by atoms with Crippen LogP contribution < -0.4 is 20.7 Å². The molecule has 0 heterocycles. The van der Waals surface area contributed by atoms with E-state index in [1.807, 2.05) is 24.5 Å². The second kappa shape index (κ2) is 6.83. The summed E-state index contributed by atoms with van der Waals surface area (Å²) in [5.41, 5.74) is 3.77. The molecule has 0 aliphatic carbocycles. The first-order valence-electron chi connectivity index (χ1n) is 5.41. The first-order valence-corrected chi connectivity index (χ1v) is 5.41. The van der Waals surface area contributed by atoms with E-state index >= 15 is 0 Å². The van der Waals surface area contributed by atoms with Crippen LogP contribution >= 0.6 is 0 Å². The van der Waals surface area contributed by atoms with Crippen molar-refractivity contribution in [3.05, 3.63) is 23.3 Å². The van der Waals surface area contributed by atoms with Crippen molar-refractivity contribution in [2.24, 2.45) is 5.84 Å². The summed E-state index contributed by atoms with van der Waals surface area (Å²) in [6.45, 7) is 2.07. The number of hydrogen-bond acceptors (Lipinski definition) is 5. The fourth-order valence-electron chi connectivity index (χ4n) is 1.52. The lowest BCUT2D eigenvalue weighted by Gasteiger charge is -2.13. The van der Waals surface area contributed by atoms with Gasteiger partial charge < -0.3 is 14.2 Å². The monoisotopic (exact) mass is 254 g/mol. The Morgan fingerprint density at radius 2 is 1.94 bits per heavy atom. The van der Waals surface area contributed by atoms with Gasteiger partial charge in [0.2, 0.25) is 0 Å². The lowest BCUT2D eigenvalue weighted by atomic mass is 10.1. The lowest BCUT2D eigenvalue weighted by Crippen LogP contribution is -2.33. The van der Waals surface area contributed by atoms with Crippen molar-refractivity contribution in [1.82, 2.24) is 5.43 Å². The van der Waals surface area contributed by atoms with E-state index in [0.29, 0.717) is 5.75 Å². The van der Waals surface area contributed by atoms with Gasteiger partial charge in [0.25, 0.3) is 5.91 Å². The van der Waals surface area contributed by atoms with Gasteiger partial charge in [-0.25, -0.2) is 5.84 Å². The minimum Gasteiger partial charge on any atom is -0.496 e. The third-order valence-electron chi connectivity index (χ3n) is 2.45. The third-order valence-corrected chi connectivity index (χ3v) is 2.45. The SMILES string of the molecule is COc1cc(COCC(=O)NN)c(OC)cc1C. The van der Waals surface area contributed by atoms with Crippen LogP contribution in [-0.2, 0) is 16.1 Å². The molecule has 1 rings (SSSR count). The number of carbonyl (C=O) groups excluding carboxylic acids is 1. The van der Waals surface area contributed by atoms with Crippen molar-refractivity contribution in [3.8, 4) is 11.5 Å². The highest BCUT2D eigenvalue weighted by Crippen LogP contribution is 2.28. The smallest absolute Gasteiger partial charge is 0.259 e. The van der Waals surface area contributed by atoms with Crippen LogP contribution in [0.1, 0.15) is 11.1 Å². The number of ether oxygens (including phenoxy) is 3. The molecule has 100 valence electrons. The van der Waals surface area contributed by atoms with Gasteiger partial charge >= 0.3 is 0 Å². The Labute approximate surface area is 106 Å². The molecule has 1 aromatic rings. The van der Waals surface area contributed by atoms with Crippen LogP contribution in [0.15, 0.2) is 12.1 Å². The number of hydrazine groups is 1. The quantitative estimate of drug-likeness (QED) is 0.439. The molecule has 0 saturated heterocycles. The van der Waals surface area contributed by atoms with Crippen molar-refractivity contribution >= 4 is 5.91 Å². The third kappa shape index (κ3) is 3.61. The number of rotatable bonds is 6. The summed E-state index contributed by atoms with van der Waals surface area (Å²) in [5.74, 6) is 6.01. The van der Waals surface area contributed by atoms with Gasteiger partial charge in [-0.2, -0.15) is 0 Å². The summed E-state index contributed by atoms with van der Waals surface area (Å²) < 4.78 is 15.7. The second-order valence-corrected chi connectivity index (χ2v) is 3.69. The van der Waals surface area contributed by atoms with Crippen molar-refractivity contribution in [3.63, 3.8) is 0 Å². The van der Waals surface area contributed by atoms with E-state index in [1.165, 1.54) is 0 Å². The van der Waals surface area contributed by atoms with Gasteiger partial charge in [0.15, 0.2) is 0 Å². The number of benzene rings is 1. The van der Waals surface area contributed by atoms with E-state index in [0.717, 1.165) is 16.9 Å². The van der Waals surface area contributed by atoms with Crippen LogP contribution in [0.4, 0.5) is 0 Å². The molecular weight excluding hydrogens is 236 g/mol. The number of hydrogen-bond donors (Lipinski definition) is 2. The topological polar surface area (TPSA) is 82.8 Å². The summed E-state index contributed by atoms with van der Waals surface area (Å²) in [6.07, 6.45) is 0. The average Bonchev–Trinajstić information content (AvgIpc) is 2.39. The molecule has 18 heavy (non-hydrogen) atoms. The maximum atomic E-state index is 10.9. The number of aryl methyl sites for hydroxylation is 1. The van der Waals surface area contributed by atoms with Crippen LogP contribution in [0.25, 0.3) is 0 Å². The molecule has 0 spiro atoms. The summed E-state index contributed by atoms with van der Waals surface area (Å²) in [4.78, 5) is 10.9. The summed E-state index contributed by atoms with van der Waals surface area (Å²) >= 11 is 0. The second-order valence-electron chi connectivity index (χ2n) is 3.69. The molecule has 0 atom stereocenters. The number of amides is 1. The number of carbonyl (C=O) groups is 1. The molecule has 0 unspecified atom stereocenters. The predicted molar refractivity (Wildman–Crippen MR) is 66.3 cm³/mol. The van der Waals surface area contributed by atoms with Gasteiger partial charge in [0.1, 0.15) is 18.1 Å². The number of nitrogens with two attached hydrogens (primary N) is 1. The van der Waals surface area contributed by atoms with E-state index in [1.54, 1.807) is 14.2 Å². The van der Waals surface area contributed by atoms with E-state index in [-0.39, 0.29) is 19.1 Å². The Balaban J connectivity index is 2.76. The fraction of sp³-hybridized carbons (Fsp3) is 0.417. The van der Waals surface area contributed by atoms with E-state index in [2.05, 4.69) is 0 Å². The Bertz CT molecular complexity index is 421. The van der Waals surface area contributed by atoms with Crippen LogP contribution in [0, 0.1) is 6.92 Å². The maximum absolute atomic E-state index is 10.9. The average molecular weight is 254 g/mol. The molecule has 0 aromatic heterocycles.